The van der Waals surface area contributed by atoms with Crippen LogP contribution in [0.25, 0.3) is 0 Å². The maximum Gasteiger partial charge on any atom is 0.247 e. The molecule has 2 aromatic carbocycles. The number of methoxy groups -OCH3 is 1. The number of benzene rings is 2. The number of ether oxygens (including phenoxy) is 1. The second kappa shape index (κ2) is 13.5. The van der Waals surface area contributed by atoms with E-state index in [1.54, 1.807) is 30.3 Å². The number of aromatic nitrogens is 2. The van der Waals surface area contributed by atoms with Gasteiger partial charge in [0.15, 0.2) is 5.82 Å². The predicted molar refractivity (Wildman–Crippen MR) is 167 cm³/mol. The number of rotatable bonds is 13. The number of amides is 1. The van der Waals surface area contributed by atoms with E-state index in [1.165, 1.54) is 26.4 Å². The highest BCUT2D eigenvalue weighted by Crippen LogP contribution is 2.38. The van der Waals surface area contributed by atoms with Gasteiger partial charge >= 0.3 is 0 Å². The van der Waals surface area contributed by atoms with Crippen LogP contribution in [-0.4, -0.2) is 83.8 Å². The summed E-state index contributed by atoms with van der Waals surface area (Å²) in [4.78, 5) is 25.1. The monoisotopic (exact) mass is 602 g/mol. The second-order valence-electron chi connectivity index (χ2n) is 9.38. The Morgan fingerprint density at radius 2 is 1.76 bits per heavy atom. The number of hydrogen-bond acceptors (Lipinski definition) is 10. The molecular formula is C27H35ClN8O4S. The number of anilines is 7. The number of sulfonamides is 1. The number of likely N-dealkylation sites (N-methyl/N-ethyl adjacent to an activating group) is 2. The van der Waals surface area contributed by atoms with Gasteiger partial charge in [-0.15, -0.1) is 0 Å². The molecule has 0 bridgehead atoms. The van der Waals surface area contributed by atoms with Crippen LogP contribution in [0.2, 0.25) is 5.02 Å². The van der Waals surface area contributed by atoms with Crippen LogP contribution in [0.15, 0.2) is 55.3 Å². The minimum absolute atomic E-state index is 0.179. The smallest absolute Gasteiger partial charge is 0.247 e. The summed E-state index contributed by atoms with van der Waals surface area (Å²) in [5.74, 6) is 0.549. The third-order valence-electron chi connectivity index (χ3n) is 6.04. The molecule has 3 N–H and O–H groups in total. The first kappa shape index (κ1) is 31.5. The van der Waals surface area contributed by atoms with Crippen molar-refractivity contribution in [2.24, 2.45) is 0 Å². The molecule has 0 atom stereocenters. The van der Waals surface area contributed by atoms with Gasteiger partial charge in [0.05, 0.1) is 48.0 Å². The van der Waals surface area contributed by atoms with Gasteiger partial charge in [-0.05, 0) is 38.4 Å². The second-order valence-corrected chi connectivity index (χ2v) is 11.8. The topological polar surface area (TPSA) is 132 Å². The van der Waals surface area contributed by atoms with E-state index in [9.17, 15) is 13.2 Å². The number of halogens is 1. The normalized spacial score (nSPS) is 11.1. The van der Waals surface area contributed by atoms with Gasteiger partial charge in [-0.3, -0.25) is 9.10 Å². The minimum Gasteiger partial charge on any atom is -0.494 e. The Morgan fingerprint density at radius 3 is 2.39 bits per heavy atom. The summed E-state index contributed by atoms with van der Waals surface area (Å²) in [6.07, 6.45) is 3.73. The van der Waals surface area contributed by atoms with Crippen LogP contribution in [0.1, 0.15) is 0 Å². The summed E-state index contributed by atoms with van der Waals surface area (Å²) < 4.78 is 31.1. The summed E-state index contributed by atoms with van der Waals surface area (Å²) in [6, 6.07) is 10.4. The summed E-state index contributed by atoms with van der Waals surface area (Å²) in [6.45, 7) is 5.05. The van der Waals surface area contributed by atoms with E-state index in [2.05, 4.69) is 37.4 Å². The van der Waals surface area contributed by atoms with Gasteiger partial charge in [-0.2, -0.15) is 4.98 Å². The lowest BCUT2D eigenvalue weighted by Crippen LogP contribution is -2.29. The molecule has 0 spiro atoms. The van der Waals surface area contributed by atoms with Gasteiger partial charge < -0.3 is 30.5 Å². The first-order valence-electron chi connectivity index (χ1n) is 12.4. The summed E-state index contributed by atoms with van der Waals surface area (Å²) in [7, 11) is 5.38. The highest BCUT2D eigenvalue weighted by atomic mass is 35.5. The van der Waals surface area contributed by atoms with Crippen molar-refractivity contribution < 1.29 is 17.9 Å². The van der Waals surface area contributed by atoms with Crippen LogP contribution in [0.3, 0.4) is 0 Å². The first-order valence-corrected chi connectivity index (χ1v) is 14.7. The number of nitrogens with zero attached hydrogens (tertiary/aromatic N) is 5. The molecule has 0 aliphatic rings. The Balaban J connectivity index is 1.99. The Kier molecular flexibility index (Phi) is 10.4. The third-order valence-corrected chi connectivity index (χ3v) is 7.51. The van der Waals surface area contributed by atoms with Gasteiger partial charge in [0, 0.05) is 33.3 Å². The van der Waals surface area contributed by atoms with E-state index in [1.807, 2.05) is 32.1 Å². The van der Waals surface area contributed by atoms with E-state index < -0.39 is 10.0 Å². The van der Waals surface area contributed by atoms with E-state index in [0.29, 0.717) is 35.0 Å². The van der Waals surface area contributed by atoms with Gasteiger partial charge in [0.1, 0.15) is 10.8 Å². The average Bonchev–Trinajstić information content (AvgIpc) is 2.93. The fourth-order valence-corrected chi connectivity index (χ4v) is 4.36. The molecule has 0 radical (unpaired) electrons. The Labute approximate surface area is 246 Å². The first-order chi connectivity index (χ1) is 19.3. The standard InChI is InChI=1S/C27H35ClN8O4S/c1-8-25(37)30-20-15-21(24(40-6)16-23(20)35(4)14-13-34(2)3)32-27-29-17-18(28)26(33-27)31-19-11-9-10-12-22(19)36(5)41(7,38)39/h8-12,15-17H,1,13-14H2,2-7H3,(H,30,37)(H2,29,31,32,33). The molecular weight excluding hydrogens is 568 g/mol. The van der Waals surface area contributed by atoms with E-state index in [-0.39, 0.29) is 22.7 Å². The van der Waals surface area contributed by atoms with Crippen molar-refractivity contribution in [1.29, 1.82) is 0 Å². The van der Waals surface area contributed by atoms with E-state index >= 15 is 0 Å². The average molecular weight is 603 g/mol. The zero-order chi connectivity index (χ0) is 30.3. The summed E-state index contributed by atoms with van der Waals surface area (Å²) in [5.41, 5.74) is 2.66. The van der Waals surface area contributed by atoms with Gasteiger partial charge in [-0.25, -0.2) is 13.4 Å². The van der Waals surface area contributed by atoms with E-state index in [0.717, 1.165) is 22.8 Å². The lowest BCUT2D eigenvalue weighted by Gasteiger charge is -2.26. The van der Waals surface area contributed by atoms with Crippen molar-refractivity contribution in [3.8, 4) is 5.75 Å². The van der Waals surface area contributed by atoms with Crippen molar-refractivity contribution in [2.75, 3.05) is 79.8 Å². The number of hydrogen-bond donors (Lipinski definition) is 3. The Bertz CT molecular complexity index is 1520. The van der Waals surface area contributed by atoms with Crippen LogP contribution < -0.4 is 29.9 Å². The molecule has 3 aromatic rings. The van der Waals surface area contributed by atoms with Gasteiger partial charge in [-0.1, -0.05) is 30.3 Å². The number of carbonyl (C=O) groups is 1. The summed E-state index contributed by atoms with van der Waals surface area (Å²) in [5, 5.41) is 9.30. The largest absolute Gasteiger partial charge is 0.494 e. The molecule has 1 amide bonds. The van der Waals surface area contributed by atoms with Crippen LogP contribution in [-0.2, 0) is 14.8 Å². The molecule has 1 heterocycles. The number of nitrogens with one attached hydrogen (secondary N) is 3. The molecule has 0 fully saturated rings. The molecule has 1 aromatic heterocycles. The maximum atomic E-state index is 12.2. The van der Waals surface area contributed by atoms with Crippen molar-refractivity contribution in [3.05, 3.63) is 60.3 Å². The lowest BCUT2D eigenvalue weighted by molar-refractivity contribution is -0.111. The number of carbonyl (C=O) groups excluding carboxylic acids is 1. The Morgan fingerprint density at radius 1 is 1.05 bits per heavy atom. The molecule has 3 rings (SSSR count). The van der Waals surface area contributed by atoms with Crippen molar-refractivity contribution in [1.82, 2.24) is 14.9 Å². The number of para-hydroxylation sites is 2. The zero-order valence-corrected chi connectivity index (χ0v) is 25.5. The lowest BCUT2D eigenvalue weighted by atomic mass is 10.2. The quantitative estimate of drug-likeness (QED) is 0.245. The molecule has 0 unspecified atom stereocenters. The fourth-order valence-electron chi connectivity index (χ4n) is 3.70. The fraction of sp³-hybridized carbons (Fsp3) is 0.296. The highest BCUT2D eigenvalue weighted by molar-refractivity contribution is 7.92. The summed E-state index contributed by atoms with van der Waals surface area (Å²) >= 11 is 6.40. The van der Waals surface area contributed by atoms with Gasteiger partial charge in [0.25, 0.3) is 0 Å². The molecule has 41 heavy (non-hydrogen) atoms. The van der Waals surface area contributed by atoms with E-state index in [4.69, 9.17) is 16.3 Å². The maximum absolute atomic E-state index is 12.2. The van der Waals surface area contributed by atoms with Crippen molar-refractivity contribution in [2.45, 2.75) is 0 Å². The van der Waals surface area contributed by atoms with Gasteiger partial charge in [0.2, 0.25) is 21.9 Å². The molecule has 0 saturated heterocycles. The molecule has 12 nitrogen and oxygen atoms in total. The molecule has 0 aliphatic heterocycles. The molecule has 220 valence electrons. The van der Waals surface area contributed by atoms with Crippen LogP contribution in [0, 0.1) is 0 Å². The Hall–Kier alpha value is -4.07. The predicted octanol–water partition coefficient (Wildman–Crippen LogP) is 4.14. The van der Waals surface area contributed by atoms with Crippen LogP contribution >= 0.6 is 11.6 Å². The van der Waals surface area contributed by atoms with Crippen LogP contribution in [0.5, 0.6) is 5.75 Å². The third kappa shape index (κ3) is 8.22. The molecule has 14 heteroatoms. The molecule has 0 saturated carbocycles. The van der Waals surface area contributed by atoms with Crippen molar-refractivity contribution >= 4 is 67.7 Å². The SMILES string of the molecule is C=CC(=O)Nc1cc(Nc2ncc(Cl)c(Nc3ccccc3N(C)S(C)(=O)=O)n2)c(OC)cc1N(C)CCN(C)C. The minimum atomic E-state index is -3.51. The van der Waals surface area contributed by atoms with Crippen molar-refractivity contribution in [3.63, 3.8) is 0 Å². The molecule has 0 aliphatic carbocycles. The highest BCUT2D eigenvalue weighted by Gasteiger charge is 2.19. The zero-order valence-electron chi connectivity index (χ0n) is 23.9. The van der Waals surface area contributed by atoms with Crippen LogP contribution in [0.4, 0.5) is 40.2 Å².